The summed E-state index contributed by atoms with van der Waals surface area (Å²) in [4.78, 5) is 4.56. The predicted octanol–water partition coefficient (Wildman–Crippen LogP) is 5.61. The first-order valence-corrected chi connectivity index (χ1v) is 9.72. The van der Waals surface area contributed by atoms with Gasteiger partial charge >= 0.3 is 0 Å². The minimum Gasteiger partial charge on any atom is -0.508 e. The van der Waals surface area contributed by atoms with E-state index in [0.717, 1.165) is 36.1 Å². The van der Waals surface area contributed by atoms with Crippen LogP contribution in [-0.2, 0) is 6.42 Å². The van der Waals surface area contributed by atoms with Crippen LogP contribution in [0.4, 0.5) is 0 Å². The molecular weight excluding hydrogens is 334 g/mol. The van der Waals surface area contributed by atoms with Crippen LogP contribution >= 0.6 is 0 Å². The van der Waals surface area contributed by atoms with E-state index in [4.69, 9.17) is 5.11 Å². The molecule has 27 heavy (non-hydrogen) atoms. The first-order chi connectivity index (χ1) is 13.3. The lowest BCUT2D eigenvalue weighted by molar-refractivity contribution is 0.282. The Morgan fingerprint density at radius 2 is 1.26 bits per heavy atom. The fourth-order valence-electron chi connectivity index (χ4n) is 3.20. The maximum absolute atomic E-state index is 9.39. The Hall–Kier alpha value is -2.65. The standard InChI is InChI=1S/C24H27NO2/c26-17-5-3-1-2-4-6-19-7-9-20(10-8-19)22-13-16-24(25-18-22)21-11-14-23(27)15-12-21/h7-16,18,26-27H,1-6,17H2. The molecule has 0 spiro atoms. The molecule has 0 saturated heterocycles. The maximum atomic E-state index is 9.39. The second kappa shape index (κ2) is 9.89. The number of rotatable bonds is 9. The van der Waals surface area contributed by atoms with Crippen molar-refractivity contribution in [3.05, 3.63) is 72.4 Å². The van der Waals surface area contributed by atoms with E-state index in [1.54, 1.807) is 12.1 Å². The third-order valence-electron chi connectivity index (χ3n) is 4.84. The van der Waals surface area contributed by atoms with Gasteiger partial charge in [-0.25, -0.2) is 0 Å². The highest BCUT2D eigenvalue weighted by molar-refractivity contribution is 5.67. The van der Waals surface area contributed by atoms with Crippen molar-refractivity contribution in [1.29, 1.82) is 0 Å². The fourth-order valence-corrected chi connectivity index (χ4v) is 3.20. The highest BCUT2D eigenvalue weighted by Gasteiger charge is 2.03. The monoisotopic (exact) mass is 361 g/mol. The Morgan fingerprint density at radius 1 is 0.630 bits per heavy atom. The molecule has 0 aliphatic carbocycles. The topological polar surface area (TPSA) is 53.4 Å². The molecule has 0 aliphatic rings. The van der Waals surface area contributed by atoms with Crippen LogP contribution in [0, 0.1) is 0 Å². The summed E-state index contributed by atoms with van der Waals surface area (Å²) in [7, 11) is 0. The van der Waals surface area contributed by atoms with E-state index in [1.165, 1.54) is 30.4 Å². The third kappa shape index (κ3) is 5.66. The number of aromatic nitrogens is 1. The molecule has 0 saturated carbocycles. The molecule has 2 aromatic carbocycles. The van der Waals surface area contributed by atoms with Crippen LogP contribution in [0.15, 0.2) is 66.9 Å². The molecule has 0 fully saturated rings. The number of hydrogen-bond donors (Lipinski definition) is 2. The Balaban J connectivity index is 1.56. The SMILES string of the molecule is OCCCCCCCc1ccc(-c2ccc(-c3ccc(O)cc3)nc2)cc1. The van der Waals surface area contributed by atoms with Gasteiger partial charge in [-0.1, -0.05) is 49.6 Å². The van der Waals surface area contributed by atoms with Gasteiger partial charge in [-0.3, -0.25) is 4.98 Å². The van der Waals surface area contributed by atoms with Gasteiger partial charge in [-0.05, 0) is 60.7 Å². The van der Waals surface area contributed by atoms with Crippen LogP contribution < -0.4 is 0 Å². The molecule has 1 aromatic heterocycles. The van der Waals surface area contributed by atoms with Gasteiger partial charge in [0.05, 0.1) is 5.69 Å². The number of aromatic hydroxyl groups is 1. The molecule has 0 radical (unpaired) electrons. The van der Waals surface area contributed by atoms with Gasteiger partial charge in [0.15, 0.2) is 0 Å². The summed E-state index contributed by atoms with van der Waals surface area (Å²) in [6.07, 6.45) is 8.70. The van der Waals surface area contributed by atoms with Crippen molar-refractivity contribution in [2.45, 2.75) is 38.5 Å². The molecule has 140 valence electrons. The summed E-state index contributed by atoms with van der Waals surface area (Å²) < 4.78 is 0. The summed E-state index contributed by atoms with van der Waals surface area (Å²) in [5.74, 6) is 0.264. The predicted molar refractivity (Wildman–Crippen MR) is 111 cm³/mol. The fraction of sp³-hybridized carbons (Fsp3) is 0.292. The van der Waals surface area contributed by atoms with E-state index in [9.17, 15) is 5.11 Å². The number of benzene rings is 2. The molecule has 0 atom stereocenters. The first-order valence-electron chi connectivity index (χ1n) is 9.72. The molecule has 3 rings (SSSR count). The summed E-state index contributed by atoms with van der Waals surface area (Å²) in [5.41, 5.74) is 5.54. The molecular formula is C24H27NO2. The van der Waals surface area contributed by atoms with Gasteiger partial charge in [0.25, 0.3) is 0 Å². The quantitative estimate of drug-likeness (QED) is 0.487. The largest absolute Gasteiger partial charge is 0.508 e. The van der Waals surface area contributed by atoms with Gasteiger partial charge in [0.1, 0.15) is 5.75 Å². The van der Waals surface area contributed by atoms with E-state index < -0.39 is 0 Å². The van der Waals surface area contributed by atoms with Gasteiger partial charge < -0.3 is 10.2 Å². The lowest BCUT2D eigenvalue weighted by atomic mass is 10.0. The molecule has 0 amide bonds. The number of aliphatic hydroxyl groups is 1. The molecule has 0 aliphatic heterocycles. The van der Waals surface area contributed by atoms with E-state index >= 15 is 0 Å². The van der Waals surface area contributed by atoms with Crippen LogP contribution in [0.2, 0.25) is 0 Å². The molecule has 3 aromatic rings. The highest BCUT2D eigenvalue weighted by atomic mass is 16.3. The number of aryl methyl sites for hydroxylation is 1. The summed E-state index contributed by atoms with van der Waals surface area (Å²) in [6.45, 7) is 0.312. The summed E-state index contributed by atoms with van der Waals surface area (Å²) >= 11 is 0. The van der Waals surface area contributed by atoms with Crippen molar-refractivity contribution in [3.8, 4) is 28.1 Å². The van der Waals surface area contributed by atoms with Crippen molar-refractivity contribution in [1.82, 2.24) is 4.98 Å². The minimum atomic E-state index is 0.264. The van der Waals surface area contributed by atoms with Crippen molar-refractivity contribution in [2.24, 2.45) is 0 Å². The molecule has 2 N–H and O–H groups in total. The number of aliphatic hydroxyl groups excluding tert-OH is 1. The molecule has 0 bridgehead atoms. The number of nitrogens with zero attached hydrogens (tertiary/aromatic N) is 1. The highest BCUT2D eigenvalue weighted by Crippen LogP contribution is 2.24. The Morgan fingerprint density at radius 3 is 1.93 bits per heavy atom. The van der Waals surface area contributed by atoms with E-state index in [-0.39, 0.29) is 5.75 Å². The lowest BCUT2D eigenvalue weighted by Crippen LogP contribution is -1.89. The average molecular weight is 361 g/mol. The minimum absolute atomic E-state index is 0.264. The third-order valence-corrected chi connectivity index (χ3v) is 4.84. The van der Waals surface area contributed by atoms with Gasteiger partial charge in [0.2, 0.25) is 0 Å². The van der Waals surface area contributed by atoms with Crippen molar-refractivity contribution >= 4 is 0 Å². The molecule has 3 heteroatoms. The molecule has 0 unspecified atom stereocenters. The van der Waals surface area contributed by atoms with Gasteiger partial charge in [-0.2, -0.15) is 0 Å². The lowest BCUT2D eigenvalue weighted by Gasteiger charge is -2.06. The number of pyridine rings is 1. The zero-order chi connectivity index (χ0) is 18.9. The Labute approximate surface area is 161 Å². The molecule has 1 heterocycles. The number of hydrogen-bond acceptors (Lipinski definition) is 3. The molecule has 3 nitrogen and oxygen atoms in total. The Kier molecular flexibility index (Phi) is 7.00. The average Bonchev–Trinajstić information content (AvgIpc) is 2.72. The number of phenols is 1. The van der Waals surface area contributed by atoms with E-state index in [0.29, 0.717) is 6.61 Å². The summed E-state index contributed by atoms with van der Waals surface area (Å²) in [5, 5.41) is 18.2. The van der Waals surface area contributed by atoms with Crippen molar-refractivity contribution < 1.29 is 10.2 Å². The van der Waals surface area contributed by atoms with Crippen LogP contribution in [0.5, 0.6) is 5.75 Å². The summed E-state index contributed by atoms with van der Waals surface area (Å²) in [6, 6.07) is 19.9. The number of unbranched alkanes of at least 4 members (excludes halogenated alkanes) is 4. The second-order valence-corrected chi connectivity index (χ2v) is 6.92. The van der Waals surface area contributed by atoms with E-state index in [2.05, 4.69) is 35.3 Å². The normalized spacial score (nSPS) is 10.9. The zero-order valence-corrected chi connectivity index (χ0v) is 15.6. The van der Waals surface area contributed by atoms with Crippen LogP contribution in [0.1, 0.15) is 37.7 Å². The number of phenolic OH excluding ortho intramolecular Hbond substituents is 1. The van der Waals surface area contributed by atoms with Crippen LogP contribution in [0.3, 0.4) is 0 Å². The van der Waals surface area contributed by atoms with Crippen LogP contribution in [-0.4, -0.2) is 21.8 Å². The van der Waals surface area contributed by atoms with Crippen LogP contribution in [0.25, 0.3) is 22.4 Å². The van der Waals surface area contributed by atoms with Gasteiger partial charge in [-0.15, -0.1) is 0 Å². The van der Waals surface area contributed by atoms with Gasteiger partial charge in [0, 0.05) is 23.9 Å². The van der Waals surface area contributed by atoms with Crippen molar-refractivity contribution in [2.75, 3.05) is 6.61 Å². The maximum Gasteiger partial charge on any atom is 0.115 e. The van der Waals surface area contributed by atoms with E-state index in [1.807, 2.05) is 24.4 Å². The second-order valence-electron chi connectivity index (χ2n) is 6.92. The van der Waals surface area contributed by atoms with Crippen molar-refractivity contribution in [3.63, 3.8) is 0 Å². The Bertz CT molecular complexity index is 809. The smallest absolute Gasteiger partial charge is 0.115 e. The first kappa shape index (κ1) is 19.1. The zero-order valence-electron chi connectivity index (χ0n) is 15.6.